The molecule has 2 rings (SSSR count). The Morgan fingerprint density at radius 2 is 2.35 bits per heavy atom. The molecule has 0 aliphatic carbocycles. The van der Waals surface area contributed by atoms with Gasteiger partial charge in [-0.25, -0.2) is 4.98 Å². The van der Waals surface area contributed by atoms with Gasteiger partial charge in [-0.05, 0) is 18.0 Å². The van der Waals surface area contributed by atoms with Crippen LogP contribution in [-0.2, 0) is 6.54 Å². The van der Waals surface area contributed by atoms with E-state index in [0.717, 1.165) is 24.6 Å². The predicted molar refractivity (Wildman–Crippen MR) is 73.5 cm³/mol. The topological polar surface area (TPSA) is 36.4 Å². The third-order valence-electron chi connectivity index (χ3n) is 2.56. The molecule has 5 heteroatoms. The largest absolute Gasteiger partial charge is 0.395 e. The van der Waals surface area contributed by atoms with Gasteiger partial charge in [0.25, 0.3) is 0 Å². The Morgan fingerprint density at radius 1 is 1.47 bits per heavy atom. The van der Waals surface area contributed by atoms with Gasteiger partial charge in [-0.2, -0.15) is 11.3 Å². The molecule has 0 radical (unpaired) electrons. The molecule has 3 nitrogen and oxygen atoms in total. The molecule has 0 saturated heterocycles. The fraction of sp³-hybridized carbons (Fsp3) is 0.417. The highest BCUT2D eigenvalue weighted by Gasteiger charge is 2.08. The van der Waals surface area contributed by atoms with Gasteiger partial charge < -0.3 is 5.11 Å². The van der Waals surface area contributed by atoms with Crippen molar-refractivity contribution in [2.45, 2.75) is 13.5 Å². The van der Waals surface area contributed by atoms with Crippen LogP contribution in [0.2, 0.25) is 0 Å². The Hall–Kier alpha value is -0.750. The zero-order valence-electron chi connectivity index (χ0n) is 9.80. The van der Waals surface area contributed by atoms with Crippen LogP contribution in [-0.4, -0.2) is 34.7 Å². The zero-order chi connectivity index (χ0) is 12.1. The van der Waals surface area contributed by atoms with E-state index in [1.54, 1.807) is 22.7 Å². The van der Waals surface area contributed by atoms with Crippen LogP contribution in [0.1, 0.15) is 11.8 Å². The van der Waals surface area contributed by atoms with Gasteiger partial charge >= 0.3 is 0 Å². The first-order chi connectivity index (χ1) is 8.33. The second kappa shape index (κ2) is 6.26. The minimum Gasteiger partial charge on any atom is -0.395 e. The number of thiophene rings is 1. The maximum absolute atomic E-state index is 8.95. The van der Waals surface area contributed by atoms with Crippen LogP contribution in [0.25, 0.3) is 10.6 Å². The maximum Gasteiger partial charge on any atom is 0.124 e. The maximum atomic E-state index is 8.95. The summed E-state index contributed by atoms with van der Waals surface area (Å²) in [6.45, 7) is 4.87. The van der Waals surface area contributed by atoms with E-state index in [0.29, 0.717) is 0 Å². The van der Waals surface area contributed by atoms with E-state index in [2.05, 4.69) is 33.6 Å². The van der Waals surface area contributed by atoms with Crippen LogP contribution in [0.4, 0.5) is 0 Å². The van der Waals surface area contributed by atoms with E-state index in [4.69, 9.17) is 5.11 Å². The van der Waals surface area contributed by atoms with Crippen LogP contribution in [0.3, 0.4) is 0 Å². The molecule has 0 saturated carbocycles. The number of hydrogen-bond acceptors (Lipinski definition) is 5. The van der Waals surface area contributed by atoms with Gasteiger partial charge in [-0.3, -0.25) is 4.90 Å². The molecular formula is C12H16N2OS2. The second-order valence-corrected chi connectivity index (χ2v) is 5.63. The van der Waals surface area contributed by atoms with Crippen molar-refractivity contribution in [3.05, 3.63) is 27.9 Å². The van der Waals surface area contributed by atoms with Crippen LogP contribution in [0.15, 0.2) is 23.0 Å². The molecule has 2 heterocycles. The molecule has 17 heavy (non-hydrogen) atoms. The van der Waals surface area contributed by atoms with Gasteiger partial charge in [0.2, 0.25) is 0 Å². The molecule has 0 atom stereocenters. The Morgan fingerprint density at radius 3 is 3.00 bits per heavy atom. The standard InChI is InChI=1S/C12H16N2OS2/c1-2-14(4-5-15)8-11-7-13-12(17-11)10-3-6-16-9-10/h3,6-7,9,15H,2,4-5,8H2,1H3. The van der Waals surface area contributed by atoms with Crippen LogP contribution >= 0.6 is 22.7 Å². The van der Waals surface area contributed by atoms with Crippen molar-refractivity contribution in [2.75, 3.05) is 19.7 Å². The zero-order valence-corrected chi connectivity index (χ0v) is 11.4. The molecule has 1 N–H and O–H groups in total. The smallest absolute Gasteiger partial charge is 0.124 e. The Balaban J connectivity index is 2.03. The minimum absolute atomic E-state index is 0.212. The lowest BCUT2D eigenvalue weighted by molar-refractivity contribution is 0.198. The number of rotatable bonds is 6. The van der Waals surface area contributed by atoms with Gasteiger partial charge in [0.05, 0.1) is 6.61 Å². The fourth-order valence-corrected chi connectivity index (χ4v) is 3.28. The van der Waals surface area contributed by atoms with Crippen molar-refractivity contribution < 1.29 is 5.11 Å². The molecule has 0 amide bonds. The van der Waals surface area contributed by atoms with Crippen molar-refractivity contribution in [1.29, 1.82) is 0 Å². The summed E-state index contributed by atoms with van der Waals surface area (Å²) in [5.74, 6) is 0. The highest BCUT2D eigenvalue weighted by Crippen LogP contribution is 2.27. The molecule has 0 aliphatic rings. The van der Waals surface area contributed by atoms with Crippen molar-refractivity contribution in [2.24, 2.45) is 0 Å². The Kier molecular flexibility index (Phi) is 4.67. The number of thiazole rings is 1. The molecule has 0 fully saturated rings. The highest BCUT2D eigenvalue weighted by atomic mass is 32.1. The van der Waals surface area contributed by atoms with Gasteiger partial charge in [0.15, 0.2) is 0 Å². The third-order valence-corrected chi connectivity index (χ3v) is 4.28. The SMILES string of the molecule is CCN(CCO)Cc1cnc(-c2ccsc2)s1. The van der Waals surface area contributed by atoms with Crippen LogP contribution in [0.5, 0.6) is 0 Å². The van der Waals surface area contributed by atoms with E-state index < -0.39 is 0 Å². The van der Waals surface area contributed by atoms with E-state index in [-0.39, 0.29) is 6.61 Å². The minimum atomic E-state index is 0.212. The monoisotopic (exact) mass is 268 g/mol. The van der Waals surface area contributed by atoms with Gasteiger partial charge in [0, 0.05) is 35.1 Å². The lowest BCUT2D eigenvalue weighted by Crippen LogP contribution is -2.25. The average Bonchev–Trinajstić information content (AvgIpc) is 2.98. The van der Waals surface area contributed by atoms with E-state index >= 15 is 0 Å². The summed E-state index contributed by atoms with van der Waals surface area (Å²) >= 11 is 3.43. The summed E-state index contributed by atoms with van der Waals surface area (Å²) in [6, 6.07) is 2.10. The summed E-state index contributed by atoms with van der Waals surface area (Å²) in [5, 5.41) is 14.2. The van der Waals surface area contributed by atoms with Gasteiger partial charge in [-0.15, -0.1) is 11.3 Å². The lowest BCUT2D eigenvalue weighted by Gasteiger charge is -2.17. The molecule has 92 valence electrons. The molecule has 0 aromatic carbocycles. The second-order valence-electron chi connectivity index (χ2n) is 3.74. The predicted octanol–water partition coefficient (Wildman–Crippen LogP) is 2.69. The summed E-state index contributed by atoms with van der Waals surface area (Å²) in [6.07, 6.45) is 1.94. The van der Waals surface area contributed by atoms with E-state index in [9.17, 15) is 0 Å². The third kappa shape index (κ3) is 3.35. The number of likely N-dealkylation sites (N-methyl/N-ethyl adjacent to an activating group) is 1. The molecule has 2 aromatic heterocycles. The first-order valence-corrected chi connectivity index (χ1v) is 7.40. The number of aromatic nitrogens is 1. The normalized spacial score (nSPS) is 11.2. The average molecular weight is 268 g/mol. The summed E-state index contributed by atoms with van der Waals surface area (Å²) in [5.41, 5.74) is 1.21. The number of nitrogens with zero attached hydrogens (tertiary/aromatic N) is 2. The van der Waals surface area contributed by atoms with E-state index in [1.165, 1.54) is 10.4 Å². The number of aliphatic hydroxyl groups is 1. The molecule has 0 aliphatic heterocycles. The molecule has 0 bridgehead atoms. The Labute approximate surface area is 109 Å². The number of hydrogen-bond donors (Lipinski definition) is 1. The quantitative estimate of drug-likeness (QED) is 0.875. The lowest BCUT2D eigenvalue weighted by atomic mass is 10.4. The van der Waals surface area contributed by atoms with Crippen molar-refractivity contribution >= 4 is 22.7 Å². The summed E-state index contributed by atoms with van der Waals surface area (Å²) in [4.78, 5) is 7.91. The highest BCUT2D eigenvalue weighted by molar-refractivity contribution is 7.15. The molecule has 2 aromatic rings. The van der Waals surface area contributed by atoms with Crippen LogP contribution < -0.4 is 0 Å². The van der Waals surface area contributed by atoms with Gasteiger partial charge in [0.1, 0.15) is 5.01 Å². The number of aliphatic hydroxyl groups excluding tert-OH is 1. The van der Waals surface area contributed by atoms with Gasteiger partial charge in [-0.1, -0.05) is 6.92 Å². The summed E-state index contributed by atoms with van der Waals surface area (Å²) < 4.78 is 0. The summed E-state index contributed by atoms with van der Waals surface area (Å²) in [7, 11) is 0. The molecule has 0 unspecified atom stereocenters. The van der Waals surface area contributed by atoms with Crippen molar-refractivity contribution in [3.8, 4) is 10.6 Å². The van der Waals surface area contributed by atoms with Crippen molar-refractivity contribution in [1.82, 2.24) is 9.88 Å². The first kappa shape index (κ1) is 12.7. The van der Waals surface area contributed by atoms with E-state index in [1.807, 2.05) is 6.20 Å². The molecule has 0 spiro atoms. The first-order valence-electron chi connectivity index (χ1n) is 5.64. The molecular weight excluding hydrogens is 252 g/mol. The van der Waals surface area contributed by atoms with Crippen molar-refractivity contribution in [3.63, 3.8) is 0 Å². The fourth-order valence-electron chi connectivity index (χ4n) is 1.61. The van der Waals surface area contributed by atoms with Crippen LogP contribution in [0, 0.1) is 0 Å². The Bertz CT molecular complexity index is 439.